The third kappa shape index (κ3) is 21.9. The number of para-hydroxylation sites is 1. The first-order chi connectivity index (χ1) is 63.1. The van der Waals surface area contributed by atoms with Gasteiger partial charge in [-0.2, -0.15) is 0 Å². The van der Waals surface area contributed by atoms with E-state index >= 15 is 28.8 Å². The van der Waals surface area contributed by atoms with E-state index in [-0.39, 0.29) is 42.1 Å². The smallest absolute Gasteiger partial charge is 0.253 e. The van der Waals surface area contributed by atoms with Crippen molar-refractivity contribution < 1.29 is 137 Å². The van der Waals surface area contributed by atoms with Crippen LogP contribution >= 0.6 is 23.2 Å². The lowest BCUT2D eigenvalue weighted by atomic mass is 9.86. The second-order valence-electron chi connectivity index (χ2n) is 33.6. The van der Waals surface area contributed by atoms with Gasteiger partial charge in [0.05, 0.1) is 54.0 Å². The number of phenolic OH excluding ortho intramolecular Hbond substituents is 4. The maximum Gasteiger partial charge on any atom is 0.253 e. The van der Waals surface area contributed by atoms with Gasteiger partial charge in [-0.05, 0) is 151 Å². The molecule has 28 N–H and O–H groups in total. The zero-order chi connectivity index (χ0) is 96.2. The van der Waals surface area contributed by atoms with Gasteiger partial charge in [-0.15, -0.1) is 0 Å². The number of nitrogens with two attached hydrogens (primary N) is 3. The topological polar surface area (TPSA) is 680 Å². The molecule has 11 amide bonds. The first kappa shape index (κ1) is 97.6. The molecule has 0 saturated carbocycles. The molecule has 7 aromatic carbocycles. The Morgan fingerprint density at radius 2 is 1.27 bits per heavy atom. The molecule has 2 saturated heterocycles. The molecule has 2 fully saturated rings. The summed E-state index contributed by atoms with van der Waals surface area (Å²) in [5.41, 5.74) is 15.5. The van der Waals surface area contributed by atoms with Crippen LogP contribution in [-0.4, -0.2) is 243 Å². The molecule has 0 radical (unpaired) electrons. The van der Waals surface area contributed by atoms with Crippen LogP contribution in [0.3, 0.4) is 0 Å². The Labute approximate surface area is 766 Å². The van der Waals surface area contributed by atoms with Gasteiger partial charge in [-0.25, -0.2) is 0 Å². The monoisotopic (exact) mass is 1880 g/mol. The Hall–Kier alpha value is -12.9. The van der Waals surface area contributed by atoms with Crippen LogP contribution in [0, 0.1) is 5.92 Å². The van der Waals surface area contributed by atoms with E-state index in [0.29, 0.717) is 28.1 Å². The molecule has 8 heterocycles. The Balaban J connectivity index is 0.977. The number of aromatic amines is 1. The number of aliphatic hydroxyl groups is 7. The number of fused-ring (bicyclic) bond motifs is 16. The number of carbonyl (C=O) groups excluding carboxylic acids is 11. The number of benzene rings is 7. The second-order valence-corrected chi connectivity index (χ2v) is 34.4. The number of H-pyrrole nitrogens is 1. The third-order valence-corrected chi connectivity index (χ3v) is 23.9. The number of carbonyl (C=O) groups is 11. The molecule has 7 aliphatic rings. The van der Waals surface area contributed by atoms with Crippen molar-refractivity contribution in [1.29, 1.82) is 0 Å². The molecule has 7 aliphatic heterocycles. The highest BCUT2D eigenvalue weighted by Crippen LogP contribution is 2.50. The lowest BCUT2D eigenvalue weighted by Gasteiger charge is -2.44. The van der Waals surface area contributed by atoms with Gasteiger partial charge in [-0.1, -0.05) is 85.6 Å². The lowest BCUT2D eigenvalue weighted by Crippen LogP contribution is -2.61. The number of imide groups is 1. The fraction of sp³-hybridized carbons (Fsp3) is 0.382. The summed E-state index contributed by atoms with van der Waals surface area (Å²) in [6.07, 6.45) is -18.9. The second kappa shape index (κ2) is 41.1. The number of aliphatic hydroxyl groups excluding tert-OH is 7. The highest BCUT2D eigenvalue weighted by Gasteiger charge is 2.50. The largest absolute Gasteiger partial charge is 0.508 e. The van der Waals surface area contributed by atoms with Crippen molar-refractivity contribution in [1.82, 2.24) is 58.2 Å². The average Bonchev–Trinajstić information content (AvgIpc) is 1.42. The standard InChI is InChI=1S/C89H100Cl2N14O28/c1-35(2)20-52(95-5)79(119)103-69-71(113)39-13-18-58(48(90)23-39)129-60-26-41-27-61(76(60)133-88-74(116)73(115)72(114)62(34-107)131-88)130-59-19-14-40(24-49(59)91)75(132-64-31-89(4,94)77(117)36(3)128-64)70-87(127)102-68(85(125)105-82(122)55(33-106)99-80(120)53(25-42-32-96-51-9-7-6-8-45(42)51)97-78(118)50(92)21-37-10-15-43(108)16-11-37)47-28-44(109)29-57(111)65(47)46-22-38(12-17-56(46)110)66(83(123)104-70)101-84(124)67(41)100-81(121)54(30-63(93)112)98-86(69)126/h6-19,22-24,26-29,32,35-36,50,52-55,62,64,66-75,77,88,95-96,106-111,113-117H,20-21,25,30-31,33-34,92,94H2,1-5H3,(H2,93,112)(H,97,118)(H,98,126)(H,99,120)(H,100,121)(H,101,124)(H,102,127)(H,103,119)(H,104,123)(H,105,122,125)/t36-,50-,52+,53-,54-,55-,62+,64?,66+,67+,68+,69+,70?,71+,72+,73-,74+,75+,77-,88-,89-/m0/s1. The van der Waals surface area contributed by atoms with Crippen LogP contribution in [0.5, 0.6) is 51.7 Å². The van der Waals surface area contributed by atoms with Crippen molar-refractivity contribution in [3.8, 4) is 62.9 Å². The third-order valence-electron chi connectivity index (χ3n) is 23.3. The predicted octanol–water partition coefficient (Wildman–Crippen LogP) is -0.374. The van der Waals surface area contributed by atoms with Gasteiger partial charge in [0.25, 0.3) is 11.8 Å². The molecule has 11 bridgehead atoms. The van der Waals surface area contributed by atoms with Crippen LogP contribution in [0.1, 0.15) is 116 Å². The number of likely N-dealkylation sites (N-methyl/N-ethyl adjacent to an activating group) is 1. The minimum atomic E-state index is -2.52. The van der Waals surface area contributed by atoms with Gasteiger partial charge >= 0.3 is 0 Å². The van der Waals surface area contributed by atoms with Crippen LogP contribution in [0.15, 0.2) is 134 Å². The summed E-state index contributed by atoms with van der Waals surface area (Å²) in [6, 6.07) is 5.71. The maximum absolute atomic E-state index is 16.5. The van der Waals surface area contributed by atoms with Crippen molar-refractivity contribution in [3.05, 3.63) is 183 Å². The quantitative estimate of drug-likeness (QED) is 0.0388. The van der Waals surface area contributed by atoms with Gasteiger partial charge in [0.2, 0.25) is 65.2 Å². The number of aromatic nitrogens is 1. The SMILES string of the molecule is CN[C@H](CC(C)C)C(=O)N[C@H]1C(=O)N[C@@H](CC(N)=O)C(=O)N[C@H]2C(=O)N[C@H]3C(=O)NC(C(=O)N[C@@H](C(=O)NC(=O)[C@H](CO)NC(=O)[C@H](Cc4c[nH]c5ccccc45)NC(=O)[C@@H](N)Cc4ccc(O)cc4)c4cc(O)cc(O)c4-c4cc3ccc4O)[C@H](OC3C[C@](C)(N)[C@@H](O)[C@H](C)O3)c3ccc(c(Cl)c3)Oc3cc2cc(c3O[C@@H]2O[C@H](CO)[C@@H](O)[C@H](O)[C@H]2O)Oc2ccc(cc2Cl)[C@H]1O. The number of primary amides is 1. The molecule has 0 spiro atoms. The van der Waals surface area contributed by atoms with Gasteiger partial charge in [0, 0.05) is 52.7 Å². The summed E-state index contributed by atoms with van der Waals surface area (Å²) >= 11 is 14.5. The van der Waals surface area contributed by atoms with E-state index in [0.717, 1.165) is 60.7 Å². The van der Waals surface area contributed by atoms with Crippen LogP contribution in [0.4, 0.5) is 0 Å². The van der Waals surface area contributed by atoms with Gasteiger partial charge in [-0.3, -0.25) is 58.1 Å². The van der Waals surface area contributed by atoms with Crippen LogP contribution < -0.4 is 84.6 Å². The van der Waals surface area contributed by atoms with Crippen molar-refractivity contribution in [3.63, 3.8) is 0 Å². The van der Waals surface area contributed by atoms with Crippen LogP contribution in [-0.2, 0) is 79.8 Å². The fourth-order valence-electron chi connectivity index (χ4n) is 16.2. The van der Waals surface area contributed by atoms with E-state index in [2.05, 4.69) is 52.8 Å². The van der Waals surface area contributed by atoms with Crippen molar-refractivity contribution in [2.24, 2.45) is 23.1 Å². The van der Waals surface area contributed by atoms with Gasteiger partial charge in [0.15, 0.2) is 17.8 Å². The molecule has 21 atom stereocenters. The molecular formula is C89H100Cl2N14O28. The first-order valence-electron chi connectivity index (χ1n) is 42.0. The first-order valence-corrected chi connectivity index (χ1v) is 42.7. The summed E-state index contributed by atoms with van der Waals surface area (Å²) in [4.78, 5) is 170. The Kier molecular flexibility index (Phi) is 30.2. The molecule has 44 heteroatoms. The maximum atomic E-state index is 16.5. The van der Waals surface area contributed by atoms with E-state index in [1.54, 1.807) is 44.3 Å². The summed E-state index contributed by atoms with van der Waals surface area (Å²) < 4.78 is 38.5. The summed E-state index contributed by atoms with van der Waals surface area (Å²) in [7, 11) is 1.45. The van der Waals surface area contributed by atoms with E-state index in [9.17, 15) is 80.1 Å². The van der Waals surface area contributed by atoms with Crippen molar-refractivity contribution in [2.75, 3.05) is 20.3 Å². The molecule has 1 aromatic heterocycles. The number of phenols is 4. The number of aromatic hydroxyl groups is 4. The van der Waals surface area contributed by atoms with E-state index in [4.69, 9.17) is 68.8 Å². The zero-order valence-corrected chi connectivity index (χ0v) is 73.1. The molecule has 8 aromatic rings. The zero-order valence-electron chi connectivity index (χ0n) is 71.6. The minimum absolute atomic E-state index is 0.0703. The number of amides is 11. The van der Waals surface area contributed by atoms with Crippen molar-refractivity contribution in [2.45, 2.75) is 187 Å². The summed E-state index contributed by atoms with van der Waals surface area (Å²) in [5, 5.41) is 150. The number of nitrogens with one attached hydrogen (secondary N) is 11. The van der Waals surface area contributed by atoms with Gasteiger partial charge < -0.3 is 155 Å². The highest BCUT2D eigenvalue weighted by atomic mass is 35.5. The van der Waals surface area contributed by atoms with Crippen LogP contribution in [0.25, 0.3) is 22.0 Å². The molecule has 15 rings (SSSR count). The highest BCUT2D eigenvalue weighted by molar-refractivity contribution is 6.32. The summed E-state index contributed by atoms with van der Waals surface area (Å²) in [6.45, 7) is 4.14. The summed E-state index contributed by atoms with van der Waals surface area (Å²) in [5.74, 6) is -20.7. The number of rotatable bonds is 23. The normalized spacial score (nSPS) is 25.8. The molecule has 42 nitrogen and oxygen atoms in total. The molecule has 0 aliphatic carbocycles. The Morgan fingerprint density at radius 3 is 1.92 bits per heavy atom. The van der Waals surface area contributed by atoms with Gasteiger partial charge in [0.1, 0.15) is 119 Å². The lowest BCUT2D eigenvalue weighted by molar-refractivity contribution is -0.277. The Bertz CT molecular complexity index is 5790. The Morgan fingerprint density at radius 1 is 0.632 bits per heavy atom. The molecular weight excluding hydrogens is 1780 g/mol. The average molecular weight is 1880 g/mol. The molecule has 133 heavy (non-hydrogen) atoms. The van der Waals surface area contributed by atoms with Crippen molar-refractivity contribution >= 4 is 99.1 Å². The number of ether oxygens (including phenoxy) is 6. The minimum Gasteiger partial charge on any atom is -0.508 e. The predicted molar refractivity (Wildman–Crippen MR) is 468 cm³/mol. The molecule has 2 unspecified atom stereocenters. The van der Waals surface area contributed by atoms with E-state index in [1.807, 2.05) is 5.32 Å². The number of halogens is 2. The molecule has 708 valence electrons. The fourth-order valence-corrected chi connectivity index (χ4v) is 16.7. The van der Waals surface area contributed by atoms with E-state index in [1.165, 1.54) is 57.3 Å². The number of hydrogen-bond donors (Lipinski definition) is 25. The number of hydrogen-bond acceptors (Lipinski definition) is 31. The van der Waals surface area contributed by atoms with E-state index < -0.39 is 302 Å². The van der Waals surface area contributed by atoms with Crippen LogP contribution in [0.2, 0.25) is 10.0 Å².